The number of nitrogens with one attached hydrogen (secondary N) is 1. The van der Waals surface area contributed by atoms with Crippen LogP contribution in [0.2, 0.25) is 0 Å². The molecule has 18 heavy (non-hydrogen) atoms. The molecule has 0 heterocycles. The molecule has 3 heteroatoms. The second-order valence-corrected chi connectivity index (χ2v) is 4.88. The third-order valence-electron chi connectivity index (χ3n) is 3.27. The fourth-order valence-corrected chi connectivity index (χ4v) is 2.00. The highest BCUT2D eigenvalue weighted by molar-refractivity contribution is 5.29. The second-order valence-electron chi connectivity index (χ2n) is 4.88. The molecule has 0 aliphatic rings. The predicted octanol–water partition coefficient (Wildman–Crippen LogP) is 4.12. The zero-order chi connectivity index (χ0) is 13.6. The fraction of sp³-hybridized carbons (Fsp3) is 0.600. The highest BCUT2D eigenvalue weighted by Gasteiger charge is 2.35. The van der Waals surface area contributed by atoms with Crippen molar-refractivity contribution in [3.8, 4) is 0 Å². The quantitative estimate of drug-likeness (QED) is 0.773. The number of benzene rings is 1. The maximum atomic E-state index is 13.3. The van der Waals surface area contributed by atoms with Crippen LogP contribution >= 0.6 is 0 Å². The van der Waals surface area contributed by atoms with E-state index in [1.165, 1.54) is 5.56 Å². The van der Waals surface area contributed by atoms with Crippen LogP contribution in [0.1, 0.15) is 44.7 Å². The molecule has 1 aromatic carbocycles. The van der Waals surface area contributed by atoms with Gasteiger partial charge in [0.05, 0.1) is 0 Å². The van der Waals surface area contributed by atoms with Crippen molar-refractivity contribution in [2.45, 2.75) is 52.0 Å². The van der Waals surface area contributed by atoms with Crippen molar-refractivity contribution in [3.63, 3.8) is 0 Å². The molecule has 1 atom stereocenters. The molecular formula is C15H23F2N. The molecule has 0 saturated carbocycles. The second kappa shape index (κ2) is 6.83. The van der Waals surface area contributed by atoms with Crippen LogP contribution < -0.4 is 5.32 Å². The molecule has 0 amide bonds. The predicted molar refractivity (Wildman–Crippen MR) is 72.1 cm³/mol. The van der Waals surface area contributed by atoms with Gasteiger partial charge in [-0.1, -0.05) is 44.5 Å². The molecule has 102 valence electrons. The summed E-state index contributed by atoms with van der Waals surface area (Å²) < 4.78 is 26.6. The first-order valence-electron chi connectivity index (χ1n) is 6.67. The molecule has 1 N–H and O–H groups in total. The van der Waals surface area contributed by atoms with Gasteiger partial charge in [0.25, 0.3) is 6.43 Å². The summed E-state index contributed by atoms with van der Waals surface area (Å²) in [6.45, 7) is 6.25. The molecule has 1 rings (SSSR count). The molecule has 1 unspecified atom stereocenters. The zero-order valence-electron chi connectivity index (χ0n) is 11.5. The van der Waals surface area contributed by atoms with Gasteiger partial charge in [-0.3, -0.25) is 0 Å². The Labute approximate surface area is 109 Å². The van der Waals surface area contributed by atoms with E-state index in [0.29, 0.717) is 12.1 Å². The highest BCUT2D eigenvalue weighted by atomic mass is 19.3. The van der Waals surface area contributed by atoms with Gasteiger partial charge in [-0.2, -0.15) is 0 Å². The van der Waals surface area contributed by atoms with Crippen molar-refractivity contribution >= 4 is 0 Å². The maximum absolute atomic E-state index is 13.3. The summed E-state index contributed by atoms with van der Waals surface area (Å²) in [7, 11) is 0. The largest absolute Gasteiger partial charge is 0.303 e. The van der Waals surface area contributed by atoms with Gasteiger partial charge in [0.1, 0.15) is 5.54 Å². The van der Waals surface area contributed by atoms with E-state index < -0.39 is 12.0 Å². The van der Waals surface area contributed by atoms with Crippen LogP contribution in [0.5, 0.6) is 0 Å². The van der Waals surface area contributed by atoms with Crippen molar-refractivity contribution in [2.75, 3.05) is 6.54 Å². The van der Waals surface area contributed by atoms with Crippen LogP contribution in [0.15, 0.2) is 24.3 Å². The third kappa shape index (κ3) is 3.52. The monoisotopic (exact) mass is 255 g/mol. The van der Waals surface area contributed by atoms with E-state index in [0.717, 1.165) is 19.3 Å². The summed E-state index contributed by atoms with van der Waals surface area (Å²) in [5.74, 6) is 0. The lowest BCUT2D eigenvalue weighted by atomic mass is 9.91. The summed E-state index contributed by atoms with van der Waals surface area (Å²) in [6, 6.07) is 7.54. The molecule has 0 aromatic heterocycles. The lowest BCUT2D eigenvalue weighted by molar-refractivity contribution is 0.0385. The van der Waals surface area contributed by atoms with Crippen LogP contribution in [0.25, 0.3) is 0 Å². The Morgan fingerprint density at radius 3 is 2.17 bits per heavy atom. The Morgan fingerprint density at radius 1 is 1.11 bits per heavy atom. The Bertz CT molecular complexity index is 348. The van der Waals surface area contributed by atoms with Crippen molar-refractivity contribution in [2.24, 2.45) is 0 Å². The van der Waals surface area contributed by atoms with E-state index in [1.54, 1.807) is 6.92 Å². The van der Waals surface area contributed by atoms with E-state index >= 15 is 0 Å². The Kier molecular flexibility index (Phi) is 5.73. The van der Waals surface area contributed by atoms with E-state index in [4.69, 9.17) is 0 Å². The number of halogens is 2. The van der Waals surface area contributed by atoms with E-state index in [-0.39, 0.29) is 0 Å². The number of alkyl halides is 2. The Hall–Kier alpha value is -0.960. The lowest BCUT2D eigenvalue weighted by Crippen LogP contribution is -2.46. The average Bonchev–Trinajstić information content (AvgIpc) is 2.37. The van der Waals surface area contributed by atoms with E-state index in [1.807, 2.05) is 31.2 Å². The number of rotatable bonds is 7. The van der Waals surface area contributed by atoms with Gasteiger partial charge in [0.15, 0.2) is 0 Å². The number of hydrogen-bond donors (Lipinski definition) is 1. The van der Waals surface area contributed by atoms with Crippen molar-refractivity contribution in [1.29, 1.82) is 0 Å². The zero-order valence-corrected chi connectivity index (χ0v) is 11.5. The van der Waals surface area contributed by atoms with Crippen LogP contribution in [0, 0.1) is 0 Å². The Balaban J connectivity index is 2.91. The number of aryl methyl sites for hydroxylation is 1. The van der Waals surface area contributed by atoms with Crippen LogP contribution in [-0.2, 0) is 12.0 Å². The molecule has 0 aliphatic carbocycles. The smallest absolute Gasteiger partial charge is 0.260 e. The third-order valence-corrected chi connectivity index (χ3v) is 3.27. The van der Waals surface area contributed by atoms with E-state index in [9.17, 15) is 8.78 Å². The molecule has 0 aliphatic heterocycles. The molecule has 0 bridgehead atoms. The molecule has 1 nitrogen and oxygen atoms in total. The summed E-state index contributed by atoms with van der Waals surface area (Å²) in [5, 5.41) is 2.96. The standard InChI is InChI=1S/C15H23F2N/c1-4-6-12-7-9-13(10-8-12)15(3,14(16)17)18-11-5-2/h7-10,14,18H,4-6,11H2,1-3H3. The minimum absolute atomic E-state index is 0.595. The molecule has 0 fully saturated rings. The first-order valence-corrected chi connectivity index (χ1v) is 6.67. The van der Waals surface area contributed by atoms with Gasteiger partial charge < -0.3 is 5.32 Å². The fourth-order valence-electron chi connectivity index (χ4n) is 2.00. The summed E-state index contributed by atoms with van der Waals surface area (Å²) in [5.41, 5.74) is 0.611. The maximum Gasteiger partial charge on any atom is 0.260 e. The van der Waals surface area contributed by atoms with Gasteiger partial charge in [-0.25, -0.2) is 8.78 Å². The van der Waals surface area contributed by atoms with Crippen LogP contribution in [0.3, 0.4) is 0 Å². The highest BCUT2D eigenvalue weighted by Crippen LogP contribution is 2.28. The molecule has 1 aromatic rings. The minimum Gasteiger partial charge on any atom is -0.303 e. The van der Waals surface area contributed by atoms with Crippen LogP contribution in [0.4, 0.5) is 8.78 Å². The van der Waals surface area contributed by atoms with Crippen LogP contribution in [-0.4, -0.2) is 13.0 Å². The first kappa shape index (κ1) is 15.1. The minimum atomic E-state index is -2.42. The lowest BCUT2D eigenvalue weighted by Gasteiger charge is -2.30. The summed E-state index contributed by atoms with van der Waals surface area (Å²) in [4.78, 5) is 0. The first-order chi connectivity index (χ1) is 8.54. The summed E-state index contributed by atoms with van der Waals surface area (Å²) in [6.07, 6.45) is 0.491. The molecule has 0 radical (unpaired) electrons. The molecule has 0 saturated heterocycles. The molecule has 0 spiro atoms. The van der Waals surface area contributed by atoms with Crippen molar-refractivity contribution in [1.82, 2.24) is 5.32 Å². The summed E-state index contributed by atoms with van der Waals surface area (Å²) >= 11 is 0. The normalized spacial score (nSPS) is 14.8. The molecular weight excluding hydrogens is 232 g/mol. The van der Waals surface area contributed by atoms with Crippen molar-refractivity contribution in [3.05, 3.63) is 35.4 Å². The van der Waals surface area contributed by atoms with Gasteiger partial charge in [-0.15, -0.1) is 0 Å². The number of hydrogen-bond acceptors (Lipinski definition) is 1. The topological polar surface area (TPSA) is 12.0 Å². The SMILES string of the molecule is CCCNC(C)(c1ccc(CCC)cc1)C(F)F. The van der Waals surface area contributed by atoms with Gasteiger partial charge in [0.2, 0.25) is 0 Å². The van der Waals surface area contributed by atoms with Gasteiger partial charge in [-0.05, 0) is 37.4 Å². The van der Waals surface area contributed by atoms with Gasteiger partial charge >= 0.3 is 0 Å². The van der Waals surface area contributed by atoms with E-state index in [2.05, 4.69) is 12.2 Å². The average molecular weight is 255 g/mol. The Morgan fingerprint density at radius 2 is 1.72 bits per heavy atom. The van der Waals surface area contributed by atoms with Gasteiger partial charge in [0, 0.05) is 0 Å². The van der Waals surface area contributed by atoms with Crippen molar-refractivity contribution < 1.29 is 8.78 Å².